The molecule has 0 aromatic rings. The van der Waals surface area contributed by atoms with Gasteiger partial charge in [-0.1, -0.05) is 20.8 Å². The van der Waals surface area contributed by atoms with Crippen LogP contribution in [0.5, 0.6) is 0 Å². The fourth-order valence-electron chi connectivity index (χ4n) is 0.897. The second kappa shape index (κ2) is 1.92. The first kappa shape index (κ1) is 7.47. The van der Waals surface area contributed by atoms with Crippen molar-refractivity contribution < 1.29 is 9.66 Å². The average molecular weight is 145 g/mol. The van der Waals surface area contributed by atoms with E-state index in [4.69, 9.17) is 4.74 Å². The molecule has 4 heteroatoms. The van der Waals surface area contributed by atoms with Crippen LogP contribution in [0.4, 0.5) is 0 Å². The van der Waals surface area contributed by atoms with Crippen molar-refractivity contribution in [3.05, 3.63) is 10.1 Å². The molecular weight excluding hydrogens is 134 g/mol. The zero-order valence-corrected chi connectivity index (χ0v) is 6.33. The smallest absolute Gasteiger partial charge is 0.301 e. The molecule has 0 bridgehead atoms. The quantitative estimate of drug-likeness (QED) is 0.314. The van der Waals surface area contributed by atoms with Crippen LogP contribution in [0.1, 0.15) is 20.8 Å². The number of epoxide rings is 1. The van der Waals surface area contributed by atoms with Crippen molar-refractivity contribution in [2.75, 3.05) is 0 Å². The zero-order valence-electron chi connectivity index (χ0n) is 6.33. The van der Waals surface area contributed by atoms with E-state index < -0.39 is 6.23 Å². The molecule has 0 spiro atoms. The highest BCUT2D eigenvalue weighted by Gasteiger charge is 2.56. The Morgan fingerprint density at radius 3 is 2.10 bits per heavy atom. The average Bonchev–Trinajstić information content (AvgIpc) is 2.35. The molecule has 4 nitrogen and oxygen atoms in total. The molecule has 1 saturated heterocycles. The fourth-order valence-corrected chi connectivity index (χ4v) is 0.897. The van der Waals surface area contributed by atoms with Crippen LogP contribution in [0.25, 0.3) is 0 Å². The predicted octanol–water partition coefficient (Wildman–Crippen LogP) is 1.03. The summed E-state index contributed by atoms with van der Waals surface area (Å²) in [6.45, 7) is 5.80. The van der Waals surface area contributed by atoms with Crippen LogP contribution >= 0.6 is 0 Å². The van der Waals surface area contributed by atoms with E-state index in [2.05, 4.69) is 0 Å². The van der Waals surface area contributed by atoms with Crippen LogP contribution in [0, 0.1) is 15.5 Å². The summed E-state index contributed by atoms with van der Waals surface area (Å²) in [5, 5.41) is 10.1. The summed E-state index contributed by atoms with van der Waals surface area (Å²) >= 11 is 0. The maximum absolute atomic E-state index is 10.1. The standard InChI is InChI=1S/C6H11NO3/c1-6(2,3)4-5(10-4)7(8)9/h4-5H,1-3H3/t4-,5-/m1/s1. The molecule has 0 aliphatic carbocycles. The van der Waals surface area contributed by atoms with E-state index >= 15 is 0 Å². The Morgan fingerprint density at radius 1 is 1.50 bits per heavy atom. The lowest BCUT2D eigenvalue weighted by atomic mass is 9.92. The first-order valence-corrected chi connectivity index (χ1v) is 3.22. The van der Waals surface area contributed by atoms with Crippen molar-refractivity contribution in [2.45, 2.75) is 33.1 Å². The molecule has 0 unspecified atom stereocenters. The zero-order chi connectivity index (χ0) is 7.94. The number of nitro groups is 1. The Balaban J connectivity index is 2.46. The van der Waals surface area contributed by atoms with E-state index in [-0.39, 0.29) is 16.4 Å². The normalized spacial score (nSPS) is 31.9. The van der Waals surface area contributed by atoms with Gasteiger partial charge in [-0.2, -0.15) is 0 Å². The largest absolute Gasteiger partial charge is 0.343 e. The molecule has 0 amide bonds. The molecule has 0 saturated carbocycles. The summed E-state index contributed by atoms with van der Waals surface area (Å²) in [6, 6.07) is 0. The molecule has 58 valence electrons. The van der Waals surface area contributed by atoms with Crippen molar-refractivity contribution in [1.82, 2.24) is 0 Å². The SMILES string of the molecule is CC(C)(C)[C@@H]1O[C@H]1[N+](=O)[O-]. The van der Waals surface area contributed by atoms with Crippen LogP contribution in [-0.2, 0) is 4.74 Å². The van der Waals surface area contributed by atoms with Gasteiger partial charge in [0.05, 0.1) is 4.92 Å². The monoisotopic (exact) mass is 145 g/mol. The molecule has 0 aromatic heterocycles. The van der Waals surface area contributed by atoms with Gasteiger partial charge in [-0.05, 0) is 5.41 Å². The van der Waals surface area contributed by atoms with Crippen molar-refractivity contribution in [1.29, 1.82) is 0 Å². The van der Waals surface area contributed by atoms with Crippen LogP contribution in [0.2, 0.25) is 0 Å². The molecule has 10 heavy (non-hydrogen) atoms. The molecule has 1 fully saturated rings. The maximum atomic E-state index is 10.1. The van der Waals surface area contributed by atoms with E-state index in [1.165, 1.54) is 0 Å². The van der Waals surface area contributed by atoms with Gasteiger partial charge in [-0.25, -0.2) is 0 Å². The van der Waals surface area contributed by atoms with Crippen molar-refractivity contribution in [2.24, 2.45) is 5.41 Å². The van der Waals surface area contributed by atoms with Gasteiger partial charge in [0.25, 0.3) is 0 Å². The molecule has 2 atom stereocenters. The van der Waals surface area contributed by atoms with Crippen LogP contribution in [0.3, 0.4) is 0 Å². The predicted molar refractivity (Wildman–Crippen MR) is 35.1 cm³/mol. The van der Waals surface area contributed by atoms with E-state index in [0.29, 0.717) is 0 Å². The topological polar surface area (TPSA) is 55.7 Å². The maximum Gasteiger partial charge on any atom is 0.343 e. The molecular formula is C6H11NO3. The van der Waals surface area contributed by atoms with E-state index in [0.717, 1.165) is 0 Å². The van der Waals surface area contributed by atoms with Gasteiger partial charge in [0, 0.05) is 0 Å². The number of hydrogen-bond donors (Lipinski definition) is 0. The number of hydrogen-bond acceptors (Lipinski definition) is 3. The molecule has 0 radical (unpaired) electrons. The van der Waals surface area contributed by atoms with Gasteiger partial charge in [0.1, 0.15) is 0 Å². The number of rotatable bonds is 1. The van der Waals surface area contributed by atoms with Crippen molar-refractivity contribution in [3.63, 3.8) is 0 Å². The van der Waals surface area contributed by atoms with Crippen LogP contribution < -0.4 is 0 Å². The minimum atomic E-state index is -0.750. The van der Waals surface area contributed by atoms with E-state index in [9.17, 15) is 10.1 Å². The van der Waals surface area contributed by atoms with Crippen molar-refractivity contribution >= 4 is 0 Å². The Bertz CT molecular complexity index is 161. The summed E-state index contributed by atoms with van der Waals surface area (Å²) in [5.41, 5.74) is -0.0995. The third-order valence-electron chi connectivity index (χ3n) is 1.53. The van der Waals surface area contributed by atoms with Gasteiger partial charge in [0.15, 0.2) is 6.10 Å². The second-order valence-corrected chi connectivity index (χ2v) is 3.60. The van der Waals surface area contributed by atoms with Gasteiger partial charge in [-0.15, -0.1) is 0 Å². The minimum absolute atomic E-state index is 0.0995. The summed E-state index contributed by atoms with van der Waals surface area (Å²) in [6.07, 6.45) is -0.942. The Kier molecular flexibility index (Phi) is 1.43. The summed E-state index contributed by atoms with van der Waals surface area (Å²) in [7, 11) is 0. The summed E-state index contributed by atoms with van der Waals surface area (Å²) in [4.78, 5) is 9.72. The molecule has 1 aliphatic rings. The van der Waals surface area contributed by atoms with Gasteiger partial charge < -0.3 is 4.74 Å². The lowest BCUT2D eigenvalue weighted by molar-refractivity contribution is -0.516. The highest BCUT2D eigenvalue weighted by molar-refractivity contribution is 4.87. The minimum Gasteiger partial charge on any atom is -0.301 e. The highest BCUT2D eigenvalue weighted by atomic mass is 16.7. The third-order valence-corrected chi connectivity index (χ3v) is 1.53. The summed E-state index contributed by atoms with van der Waals surface area (Å²) in [5.74, 6) is 0. The Morgan fingerprint density at radius 2 is 2.00 bits per heavy atom. The lowest BCUT2D eigenvalue weighted by Gasteiger charge is -2.11. The number of nitrogens with zero attached hydrogens (tertiary/aromatic N) is 1. The van der Waals surface area contributed by atoms with E-state index in [1.54, 1.807) is 0 Å². The second-order valence-electron chi connectivity index (χ2n) is 3.60. The first-order valence-electron chi connectivity index (χ1n) is 3.22. The molecule has 0 N–H and O–H groups in total. The van der Waals surface area contributed by atoms with E-state index in [1.807, 2.05) is 20.8 Å². The molecule has 0 aromatic carbocycles. The summed E-state index contributed by atoms with van der Waals surface area (Å²) < 4.78 is 4.84. The Hall–Kier alpha value is -0.640. The molecule has 1 heterocycles. The van der Waals surface area contributed by atoms with Gasteiger partial charge >= 0.3 is 6.23 Å². The van der Waals surface area contributed by atoms with Crippen molar-refractivity contribution in [3.8, 4) is 0 Å². The third kappa shape index (κ3) is 1.26. The van der Waals surface area contributed by atoms with Gasteiger partial charge in [-0.3, -0.25) is 10.1 Å². The van der Waals surface area contributed by atoms with Gasteiger partial charge in [0.2, 0.25) is 0 Å². The number of ether oxygens (including phenoxy) is 1. The fraction of sp³-hybridized carbons (Fsp3) is 1.00. The highest BCUT2D eigenvalue weighted by Crippen LogP contribution is 2.37. The Labute approximate surface area is 59.3 Å². The molecule has 1 aliphatic heterocycles. The first-order chi connectivity index (χ1) is 4.43. The lowest BCUT2D eigenvalue weighted by Crippen LogP contribution is -2.19. The van der Waals surface area contributed by atoms with Crippen LogP contribution in [-0.4, -0.2) is 17.3 Å². The van der Waals surface area contributed by atoms with Crippen LogP contribution in [0.15, 0.2) is 0 Å². The molecule has 1 rings (SSSR count).